The number of aryl methyl sites for hydroxylation is 1. The van der Waals surface area contributed by atoms with E-state index in [4.69, 9.17) is 14.6 Å². The van der Waals surface area contributed by atoms with Crippen LogP contribution in [0.1, 0.15) is 49.3 Å². The molecule has 0 bridgehead atoms. The van der Waals surface area contributed by atoms with Crippen molar-refractivity contribution in [3.8, 4) is 0 Å². The minimum absolute atomic E-state index is 0.00952. The topological polar surface area (TPSA) is 112 Å². The molecule has 2 fully saturated rings. The fraction of sp³-hybridized carbons (Fsp3) is 0.692. The highest BCUT2D eigenvalue weighted by Gasteiger charge is 2.35. The number of halogens is 2. The Labute approximate surface area is 217 Å². The minimum Gasteiger partial charge on any atom is -0.465 e. The molecular formula is C26H40F2N4O5. The van der Waals surface area contributed by atoms with Gasteiger partial charge in [0, 0.05) is 56.9 Å². The summed E-state index contributed by atoms with van der Waals surface area (Å²) in [6.45, 7) is 4.72. The average Bonchev–Trinajstić information content (AvgIpc) is 2.88. The number of likely N-dealkylation sites (N-methyl/N-ethyl adjacent to an activating group) is 1. The van der Waals surface area contributed by atoms with Crippen molar-refractivity contribution in [1.82, 2.24) is 20.9 Å². The van der Waals surface area contributed by atoms with E-state index in [2.05, 4.69) is 16.0 Å². The quantitative estimate of drug-likeness (QED) is 0.329. The van der Waals surface area contributed by atoms with Crippen LogP contribution in [0, 0.1) is 30.4 Å². The van der Waals surface area contributed by atoms with Crippen LogP contribution in [-0.2, 0) is 9.47 Å². The predicted octanol–water partition coefficient (Wildman–Crippen LogP) is 3.42. The molecule has 0 radical (unpaired) electrons. The van der Waals surface area contributed by atoms with Crippen LogP contribution in [-0.4, -0.2) is 81.2 Å². The number of ether oxygens (including phenoxy) is 2. The molecule has 0 aromatic heterocycles. The van der Waals surface area contributed by atoms with Gasteiger partial charge >= 0.3 is 12.1 Å². The van der Waals surface area contributed by atoms with Crippen LogP contribution in [0.3, 0.4) is 0 Å². The van der Waals surface area contributed by atoms with Gasteiger partial charge in [-0.3, -0.25) is 0 Å². The van der Waals surface area contributed by atoms with Gasteiger partial charge < -0.3 is 35.4 Å². The second-order valence-corrected chi connectivity index (χ2v) is 9.96. The maximum absolute atomic E-state index is 15.0. The van der Waals surface area contributed by atoms with Crippen LogP contribution in [0.5, 0.6) is 0 Å². The van der Waals surface area contributed by atoms with Gasteiger partial charge in [0.1, 0.15) is 0 Å². The van der Waals surface area contributed by atoms with E-state index in [1.54, 1.807) is 11.8 Å². The summed E-state index contributed by atoms with van der Waals surface area (Å²) in [7, 11) is 1.86. The molecule has 2 aliphatic heterocycles. The second-order valence-electron chi connectivity index (χ2n) is 9.96. The molecule has 0 saturated carbocycles. The van der Waals surface area contributed by atoms with E-state index in [1.165, 1.54) is 6.07 Å². The lowest BCUT2D eigenvalue weighted by Crippen LogP contribution is -2.52. The number of nitrogens with one attached hydrogen (secondary N) is 3. The Morgan fingerprint density at radius 1 is 1.24 bits per heavy atom. The Kier molecular flexibility index (Phi) is 11.3. The first-order valence-corrected chi connectivity index (χ1v) is 13.1. The van der Waals surface area contributed by atoms with Crippen molar-refractivity contribution in [2.45, 2.75) is 51.2 Å². The van der Waals surface area contributed by atoms with Gasteiger partial charge in [-0.05, 0) is 63.6 Å². The molecule has 2 aliphatic rings. The molecule has 1 aromatic carbocycles. The van der Waals surface area contributed by atoms with Crippen molar-refractivity contribution in [2.75, 3.05) is 53.0 Å². The van der Waals surface area contributed by atoms with Crippen molar-refractivity contribution in [3.63, 3.8) is 0 Å². The Morgan fingerprint density at radius 3 is 2.70 bits per heavy atom. The van der Waals surface area contributed by atoms with E-state index < -0.39 is 23.8 Å². The maximum atomic E-state index is 15.0. The molecule has 2 saturated heterocycles. The zero-order chi connectivity index (χ0) is 26.8. The van der Waals surface area contributed by atoms with Crippen molar-refractivity contribution < 1.29 is 33.0 Å². The monoisotopic (exact) mass is 526 g/mol. The zero-order valence-corrected chi connectivity index (χ0v) is 21.7. The summed E-state index contributed by atoms with van der Waals surface area (Å²) in [5.41, 5.74) is 0.664. The van der Waals surface area contributed by atoms with Crippen LogP contribution in [0.15, 0.2) is 12.1 Å². The Morgan fingerprint density at radius 2 is 2.00 bits per heavy atom. The number of hydrogen-bond acceptors (Lipinski definition) is 5. The first kappa shape index (κ1) is 29.1. The molecule has 3 unspecified atom stereocenters. The van der Waals surface area contributed by atoms with Gasteiger partial charge in [-0.2, -0.15) is 0 Å². The van der Waals surface area contributed by atoms with Crippen LogP contribution in [0.2, 0.25) is 0 Å². The molecule has 3 rings (SSSR count). The SMILES string of the molecule is CNCC(CC1CCOCC1)NC(=O)N1CCCC(C(OCCNC(=O)O)c2c(C)ccc(F)c2F)C1. The van der Waals surface area contributed by atoms with Crippen molar-refractivity contribution in [1.29, 1.82) is 0 Å². The highest BCUT2D eigenvalue weighted by Crippen LogP contribution is 2.36. The molecule has 208 valence electrons. The largest absolute Gasteiger partial charge is 0.465 e. The summed E-state index contributed by atoms with van der Waals surface area (Å²) in [4.78, 5) is 25.8. The number of rotatable bonds is 11. The summed E-state index contributed by atoms with van der Waals surface area (Å²) in [5.74, 6) is -1.72. The standard InChI is InChI=1S/C26H40F2N4O5/c1-17-5-6-21(27)23(28)22(17)24(37-13-9-30-26(34)35)19-4-3-10-32(16-19)25(33)31-20(15-29-2)14-18-7-11-36-12-8-18/h5-6,18-20,24,29-30H,3-4,7-16H2,1-2H3,(H,31,33)(H,34,35). The lowest BCUT2D eigenvalue weighted by molar-refractivity contribution is -0.0112. The number of urea groups is 1. The van der Waals surface area contributed by atoms with Crippen molar-refractivity contribution in [2.24, 2.45) is 11.8 Å². The Hall–Kier alpha value is -2.50. The lowest BCUT2D eigenvalue weighted by Gasteiger charge is -2.38. The van der Waals surface area contributed by atoms with E-state index in [-0.39, 0.29) is 36.7 Å². The van der Waals surface area contributed by atoms with E-state index in [1.807, 2.05) is 7.05 Å². The highest BCUT2D eigenvalue weighted by atomic mass is 19.2. The average molecular weight is 527 g/mol. The lowest BCUT2D eigenvalue weighted by atomic mass is 9.86. The molecule has 11 heteroatoms. The van der Waals surface area contributed by atoms with Gasteiger partial charge in [0.05, 0.1) is 12.7 Å². The molecule has 9 nitrogen and oxygen atoms in total. The van der Waals surface area contributed by atoms with Gasteiger partial charge in [-0.25, -0.2) is 18.4 Å². The van der Waals surface area contributed by atoms with E-state index in [0.717, 1.165) is 38.5 Å². The first-order chi connectivity index (χ1) is 17.8. The molecule has 3 amide bonds. The molecule has 4 N–H and O–H groups in total. The van der Waals surface area contributed by atoms with E-state index >= 15 is 0 Å². The summed E-state index contributed by atoms with van der Waals surface area (Å²) in [5, 5.41) is 17.4. The number of carbonyl (C=O) groups is 2. The van der Waals surface area contributed by atoms with Crippen LogP contribution in [0.4, 0.5) is 18.4 Å². The third kappa shape index (κ3) is 8.51. The molecule has 0 aliphatic carbocycles. The molecule has 3 atom stereocenters. The third-order valence-electron chi connectivity index (χ3n) is 7.22. The smallest absolute Gasteiger partial charge is 0.404 e. The van der Waals surface area contributed by atoms with E-state index in [9.17, 15) is 18.4 Å². The number of nitrogens with zero attached hydrogens (tertiary/aromatic N) is 1. The van der Waals surface area contributed by atoms with Crippen LogP contribution in [0.25, 0.3) is 0 Å². The van der Waals surface area contributed by atoms with Gasteiger partial charge in [-0.1, -0.05) is 6.07 Å². The summed E-state index contributed by atoms with van der Waals surface area (Å²) >= 11 is 0. The molecule has 37 heavy (non-hydrogen) atoms. The van der Waals surface area contributed by atoms with Gasteiger partial charge in [-0.15, -0.1) is 0 Å². The second kappa shape index (κ2) is 14.4. The fourth-order valence-corrected chi connectivity index (χ4v) is 5.34. The maximum Gasteiger partial charge on any atom is 0.404 e. The van der Waals surface area contributed by atoms with E-state index in [0.29, 0.717) is 44.0 Å². The predicted molar refractivity (Wildman–Crippen MR) is 135 cm³/mol. The number of hydrogen-bond donors (Lipinski definition) is 4. The molecule has 2 heterocycles. The third-order valence-corrected chi connectivity index (χ3v) is 7.22. The van der Waals surface area contributed by atoms with Crippen LogP contribution >= 0.6 is 0 Å². The number of amides is 3. The number of carbonyl (C=O) groups excluding carboxylic acids is 1. The minimum atomic E-state index is -1.19. The fourth-order valence-electron chi connectivity index (χ4n) is 5.34. The number of benzene rings is 1. The van der Waals surface area contributed by atoms with Gasteiger partial charge in [0.15, 0.2) is 11.6 Å². The summed E-state index contributed by atoms with van der Waals surface area (Å²) in [6.07, 6.45) is 2.18. The van der Waals surface area contributed by atoms with Crippen LogP contribution < -0.4 is 16.0 Å². The van der Waals surface area contributed by atoms with Crippen molar-refractivity contribution in [3.05, 3.63) is 34.9 Å². The molecule has 1 aromatic rings. The van der Waals surface area contributed by atoms with Gasteiger partial charge in [0.25, 0.3) is 0 Å². The molecule has 0 spiro atoms. The number of carboxylic acid groups (broad SMARTS) is 1. The summed E-state index contributed by atoms with van der Waals surface area (Å²) < 4.78 is 40.6. The Balaban J connectivity index is 1.70. The highest BCUT2D eigenvalue weighted by molar-refractivity contribution is 5.74. The number of piperidine rings is 1. The van der Waals surface area contributed by atoms with Gasteiger partial charge in [0.2, 0.25) is 0 Å². The van der Waals surface area contributed by atoms with Crippen molar-refractivity contribution >= 4 is 12.1 Å². The normalized spacial score (nSPS) is 20.3. The Bertz CT molecular complexity index is 900. The zero-order valence-electron chi connectivity index (χ0n) is 21.7. The summed E-state index contributed by atoms with van der Waals surface area (Å²) in [6, 6.07) is 2.38. The number of likely N-dealkylation sites (tertiary alicyclic amines) is 1. The molecular weight excluding hydrogens is 486 g/mol. The first-order valence-electron chi connectivity index (χ1n) is 13.1.